The summed E-state index contributed by atoms with van der Waals surface area (Å²) in [4.78, 5) is 0. The highest BCUT2D eigenvalue weighted by molar-refractivity contribution is 5.81. The Morgan fingerprint density at radius 3 is 0.600 bits per heavy atom. The normalized spacial score (nSPS) is 11.5. The topological polar surface area (TPSA) is 130 Å². The van der Waals surface area contributed by atoms with Gasteiger partial charge in [-0.15, -0.1) is 0 Å². The minimum absolute atomic E-state index is 0. The molecule has 0 saturated heterocycles. The summed E-state index contributed by atoms with van der Waals surface area (Å²) in [5, 5.41) is 43.4. The fraction of sp³-hybridized carbons (Fsp3) is 0.750. The van der Waals surface area contributed by atoms with Crippen LogP contribution in [0.5, 0.6) is 0 Å². The minimum Gasteiger partial charge on any atom is -0.411 e. The molecule has 25 heavy (non-hydrogen) atoms. The second kappa shape index (κ2) is 30.0. The molecule has 9 heteroatoms. The van der Waals surface area contributed by atoms with Gasteiger partial charge in [-0.1, -0.05) is 48.3 Å². The Balaban J connectivity index is -0.0000000702. The van der Waals surface area contributed by atoms with Crippen LogP contribution in [0.4, 0.5) is 0 Å². The van der Waals surface area contributed by atoms with Gasteiger partial charge >= 0.3 is 0 Å². The molecule has 8 nitrogen and oxygen atoms in total. The zero-order chi connectivity index (χ0) is 20.0. The second-order valence-corrected chi connectivity index (χ2v) is 4.76. The van der Waals surface area contributed by atoms with Gasteiger partial charge in [0, 0.05) is 0 Å². The third-order valence-corrected chi connectivity index (χ3v) is 2.73. The summed E-state index contributed by atoms with van der Waals surface area (Å²) in [6.45, 7) is 14.9. The molecule has 0 aliphatic heterocycles. The Bertz CT molecular complexity index is 312. The first-order chi connectivity index (χ1) is 11.2. The van der Waals surface area contributed by atoms with Crippen molar-refractivity contribution >= 4 is 33.8 Å². The standard InChI is InChI=1S/4C4H9NO.H4Si/c4*1-3-4(2)5-6;/h4*6H,3H2,1-2H3;1H4. The van der Waals surface area contributed by atoms with E-state index >= 15 is 0 Å². The van der Waals surface area contributed by atoms with Crippen LogP contribution in [-0.2, 0) is 0 Å². The molecule has 0 fully saturated rings. The molecule has 152 valence electrons. The van der Waals surface area contributed by atoms with Crippen molar-refractivity contribution in [2.45, 2.75) is 81.1 Å². The lowest BCUT2D eigenvalue weighted by atomic mass is 10.3. The van der Waals surface area contributed by atoms with Gasteiger partial charge in [0.25, 0.3) is 0 Å². The lowest BCUT2D eigenvalue weighted by Gasteiger charge is -1.81. The molecule has 4 N–H and O–H groups in total. The Kier molecular flexibility index (Phi) is 41.4. The van der Waals surface area contributed by atoms with Gasteiger partial charge in [0.15, 0.2) is 0 Å². The van der Waals surface area contributed by atoms with Crippen LogP contribution in [0, 0.1) is 0 Å². The van der Waals surface area contributed by atoms with Crippen LogP contribution in [0.1, 0.15) is 81.1 Å². The monoisotopic (exact) mass is 380 g/mol. The maximum absolute atomic E-state index is 7.92. The van der Waals surface area contributed by atoms with Gasteiger partial charge in [0.2, 0.25) is 0 Å². The van der Waals surface area contributed by atoms with E-state index in [1.54, 1.807) is 27.7 Å². The van der Waals surface area contributed by atoms with Crippen LogP contribution in [0.2, 0.25) is 0 Å². The largest absolute Gasteiger partial charge is 0.411 e. The molecule has 0 aliphatic carbocycles. The van der Waals surface area contributed by atoms with Gasteiger partial charge in [-0.05, 0) is 64.3 Å². The average Bonchev–Trinajstić information content (AvgIpc) is 2.66. The molecule has 0 aliphatic rings. The fourth-order valence-electron chi connectivity index (χ4n) is 0.283. The zero-order valence-electron chi connectivity index (χ0n) is 16.4. The SMILES string of the molecule is CCC(C)=NO.CCC(C)=NO.CCC(C)=NO.CCC(C)=NO.[SiH4]. The van der Waals surface area contributed by atoms with Crippen molar-refractivity contribution in [2.75, 3.05) is 0 Å². The van der Waals surface area contributed by atoms with E-state index in [2.05, 4.69) is 20.6 Å². The first-order valence-electron chi connectivity index (χ1n) is 7.94. The third-order valence-electron chi connectivity index (χ3n) is 2.73. The van der Waals surface area contributed by atoms with Gasteiger partial charge in [-0.3, -0.25) is 0 Å². The highest BCUT2D eigenvalue weighted by Crippen LogP contribution is 1.79. The zero-order valence-corrected chi connectivity index (χ0v) is 16.4. The Labute approximate surface area is 157 Å². The fourth-order valence-corrected chi connectivity index (χ4v) is 0.283. The highest BCUT2D eigenvalue weighted by atomic mass is 28.1. The highest BCUT2D eigenvalue weighted by Gasteiger charge is 1.79. The van der Waals surface area contributed by atoms with E-state index in [0.717, 1.165) is 48.5 Å². The summed E-state index contributed by atoms with van der Waals surface area (Å²) in [7, 11) is 0. The lowest BCUT2D eigenvalue weighted by Crippen LogP contribution is -1.83. The molecule has 0 aromatic rings. The average molecular weight is 381 g/mol. The molecule has 0 rings (SSSR count). The maximum atomic E-state index is 7.92. The van der Waals surface area contributed by atoms with E-state index in [1.165, 1.54) is 0 Å². The van der Waals surface area contributed by atoms with Gasteiger partial charge < -0.3 is 20.8 Å². The number of oxime groups is 4. The molecule has 0 radical (unpaired) electrons. The van der Waals surface area contributed by atoms with Crippen molar-refractivity contribution in [1.29, 1.82) is 0 Å². The molecule has 0 unspecified atom stereocenters. The van der Waals surface area contributed by atoms with Crippen molar-refractivity contribution in [1.82, 2.24) is 0 Å². The van der Waals surface area contributed by atoms with E-state index in [9.17, 15) is 0 Å². The van der Waals surface area contributed by atoms with Crippen molar-refractivity contribution in [3.63, 3.8) is 0 Å². The molecule has 0 heterocycles. The Morgan fingerprint density at radius 1 is 0.480 bits per heavy atom. The summed E-state index contributed by atoms with van der Waals surface area (Å²) >= 11 is 0. The lowest BCUT2D eigenvalue weighted by molar-refractivity contribution is 0.317. The minimum atomic E-state index is 0. The van der Waals surface area contributed by atoms with E-state index in [0.29, 0.717) is 0 Å². The van der Waals surface area contributed by atoms with Crippen LogP contribution in [-0.4, -0.2) is 54.6 Å². The van der Waals surface area contributed by atoms with Crippen LogP contribution >= 0.6 is 0 Å². The third kappa shape index (κ3) is 44.9. The molecule has 0 aromatic carbocycles. The van der Waals surface area contributed by atoms with Gasteiger partial charge in [-0.2, -0.15) is 0 Å². The number of nitrogens with zero attached hydrogens (tertiary/aromatic N) is 4. The van der Waals surface area contributed by atoms with Crippen molar-refractivity contribution in [3.8, 4) is 0 Å². The van der Waals surface area contributed by atoms with Crippen molar-refractivity contribution in [2.24, 2.45) is 20.6 Å². The smallest absolute Gasteiger partial charge is 0.0537 e. The van der Waals surface area contributed by atoms with Crippen LogP contribution in [0.3, 0.4) is 0 Å². The van der Waals surface area contributed by atoms with Gasteiger partial charge in [0.1, 0.15) is 0 Å². The first-order valence-corrected chi connectivity index (χ1v) is 7.94. The number of rotatable bonds is 4. The van der Waals surface area contributed by atoms with Crippen LogP contribution in [0.15, 0.2) is 20.6 Å². The van der Waals surface area contributed by atoms with E-state index < -0.39 is 0 Å². The summed E-state index contributed by atoms with van der Waals surface area (Å²) in [6, 6.07) is 0. The van der Waals surface area contributed by atoms with E-state index in [-0.39, 0.29) is 11.0 Å². The van der Waals surface area contributed by atoms with E-state index in [1.807, 2.05) is 27.7 Å². The van der Waals surface area contributed by atoms with Gasteiger partial charge in [0.05, 0.1) is 22.8 Å². The van der Waals surface area contributed by atoms with Crippen LogP contribution in [0.25, 0.3) is 0 Å². The molecule has 0 saturated carbocycles. The van der Waals surface area contributed by atoms with Crippen molar-refractivity contribution < 1.29 is 20.8 Å². The molecule has 0 bridgehead atoms. The number of hydrogen-bond donors (Lipinski definition) is 4. The molecule has 0 amide bonds. The predicted octanol–water partition coefficient (Wildman–Crippen LogP) is 3.53. The molecule has 0 atom stereocenters. The number of hydrogen-bond acceptors (Lipinski definition) is 8. The van der Waals surface area contributed by atoms with Crippen LogP contribution < -0.4 is 0 Å². The summed E-state index contributed by atoms with van der Waals surface area (Å²) in [6.07, 6.45) is 3.32. The Morgan fingerprint density at radius 2 is 0.600 bits per heavy atom. The maximum Gasteiger partial charge on any atom is 0.0537 e. The predicted molar refractivity (Wildman–Crippen MR) is 112 cm³/mol. The summed E-state index contributed by atoms with van der Waals surface area (Å²) in [5.74, 6) is 0. The second-order valence-electron chi connectivity index (χ2n) is 4.76. The quantitative estimate of drug-likeness (QED) is 0.257. The summed E-state index contributed by atoms with van der Waals surface area (Å²) in [5.41, 5.74) is 3.09. The molecular weight excluding hydrogens is 340 g/mol. The molecular formula is C16H40N4O4Si. The van der Waals surface area contributed by atoms with Crippen molar-refractivity contribution in [3.05, 3.63) is 0 Å². The Hall–Kier alpha value is -1.90. The molecule has 0 spiro atoms. The van der Waals surface area contributed by atoms with Gasteiger partial charge in [-0.25, -0.2) is 0 Å². The van der Waals surface area contributed by atoms with E-state index in [4.69, 9.17) is 20.8 Å². The molecule has 0 aromatic heterocycles. The first kappa shape index (κ1) is 34.4. The summed E-state index contributed by atoms with van der Waals surface area (Å²) < 4.78 is 0.